The van der Waals surface area contributed by atoms with Crippen molar-refractivity contribution in [2.75, 3.05) is 7.05 Å². The van der Waals surface area contributed by atoms with E-state index in [1.54, 1.807) is 6.92 Å². The topological polar surface area (TPSA) is 40.5 Å². The van der Waals surface area contributed by atoms with E-state index in [-0.39, 0.29) is 11.5 Å². The van der Waals surface area contributed by atoms with E-state index >= 15 is 0 Å². The van der Waals surface area contributed by atoms with Crippen molar-refractivity contribution in [2.24, 2.45) is 17.8 Å². The molecule has 0 aromatic carbocycles. The molecule has 2 unspecified atom stereocenters. The van der Waals surface area contributed by atoms with Gasteiger partial charge in [0.15, 0.2) is 0 Å². The predicted octanol–water partition coefficient (Wildman–Crippen LogP) is 1.40. The van der Waals surface area contributed by atoms with E-state index in [9.17, 15) is 9.90 Å². The van der Waals surface area contributed by atoms with E-state index in [0.717, 1.165) is 25.2 Å². The Kier molecular flexibility index (Phi) is 2.13. The zero-order chi connectivity index (χ0) is 11.5. The van der Waals surface area contributed by atoms with Crippen molar-refractivity contribution in [1.82, 2.24) is 4.90 Å². The molecule has 3 heteroatoms. The van der Waals surface area contributed by atoms with Crippen molar-refractivity contribution in [3.05, 3.63) is 0 Å². The molecule has 1 N–H and O–H groups in total. The number of hydrogen-bond donors (Lipinski definition) is 1. The molecule has 4 bridgehead atoms. The minimum absolute atomic E-state index is 0.171. The van der Waals surface area contributed by atoms with Gasteiger partial charge in [-0.05, 0) is 49.9 Å². The van der Waals surface area contributed by atoms with Crippen LogP contribution in [-0.2, 0) is 4.79 Å². The molecule has 90 valence electrons. The average molecular weight is 223 g/mol. The highest BCUT2D eigenvalue weighted by molar-refractivity contribution is 5.73. The Morgan fingerprint density at radius 3 is 2.25 bits per heavy atom. The van der Waals surface area contributed by atoms with Gasteiger partial charge in [-0.1, -0.05) is 0 Å². The Hall–Kier alpha value is -0.570. The molecule has 0 spiro atoms. The van der Waals surface area contributed by atoms with Gasteiger partial charge in [0.2, 0.25) is 5.91 Å². The summed E-state index contributed by atoms with van der Waals surface area (Å²) in [5.74, 6) is 1.99. The lowest BCUT2D eigenvalue weighted by Crippen LogP contribution is -2.61. The number of carbonyl (C=O) groups excluding carboxylic acids is 1. The summed E-state index contributed by atoms with van der Waals surface area (Å²) in [5.41, 5.74) is -0.384. The van der Waals surface area contributed by atoms with Crippen LogP contribution in [-0.4, -0.2) is 34.6 Å². The van der Waals surface area contributed by atoms with Crippen LogP contribution in [0.1, 0.15) is 39.0 Å². The van der Waals surface area contributed by atoms with Crippen molar-refractivity contribution >= 4 is 5.91 Å². The molecule has 16 heavy (non-hydrogen) atoms. The molecule has 4 saturated carbocycles. The third-order valence-corrected chi connectivity index (χ3v) is 5.13. The molecule has 4 fully saturated rings. The Balaban J connectivity index is 1.86. The van der Waals surface area contributed by atoms with E-state index in [4.69, 9.17) is 0 Å². The summed E-state index contributed by atoms with van der Waals surface area (Å²) >= 11 is 0. The van der Waals surface area contributed by atoms with Crippen molar-refractivity contribution in [2.45, 2.75) is 50.7 Å². The number of rotatable bonds is 1. The summed E-state index contributed by atoms with van der Waals surface area (Å²) in [4.78, 5) is 13.4. The van der Waals surface area contributed by atoms with E-state index in [1.165, 1.54) is 12.8 Å². The van der Waals surface area contributed by atoms with Crippen LogP contribution < -0.4 is 0 Å². The Labute approximate surface area is 96.8 Å². The van der Waals surface area contributed by atoms with E-state index in [1.807, 2.05) is 11.9 Å². The van der Waals surface area contributed by atoms with Crippen LogP contribution in [0.25, 0.3) is 0 Å². The van der Waals surface area contributed by atoms with Gasteiger partial charge in [0, 0.05) is 20.0 Å². The Bertz CT molecular complexity index is 312. The Morgan fingerprint density at radius 1 is 1.25 bits per heavy atom. The summed E-state index contributed by atoms with van der Waals surface area (Å²) in [7, 11) is 1.93. The fourth-order valence-corrected chi connectivity index (χ4v) is 4.80. The van der Waals surface area contributed by atoms with Crippen LogP contribution in [0.2, 0.25) is 0 Å². The number of hydrogen-bond acceptors (Lipinski definition) is 2. The quantitative estimate of drug-likeness (QED) is 0.730. The molecule has 0 aliphatic heterocycles. The van der Waals surface area contributed by atoms with Gasteiger partial charge in [0.1, 0.15) is 0 Å². The molecule has 1 amide bonds. The molecular formula is C13H21NO2. The van der Waals surface area contributed by atoms with Crippen LogP contribution in [0.5, 0.6) is 0 Å². The molecular weight excluding hydrogens is 202 g/mol. The zero-order valence-electron chi connectivity index (χ0n) is 10.1. The van der Waals surface area contributed by atoms with Gasteiger partial charge in [0.05, 0.1) is 5.60 Å². The van der Waals surface area contributed by atoms with Crippen LogP contribution in [0.15, 0.2) is 0 Å². The van der Waals surface area contributed by atoms with E-state index in [2.05, 4.69) is 0 Å². The van der Waals surface area contributed by atoms with Crippen LogP contribution in [0.4, 0.5) is 0 Å². The van der Waals surface area contributed by atoms with E-state index in [0.29, 0.717) is 17.9 Å². The molecule has 4 aliphatic carbocycles. The zero-order valence-corrected chi connectivity index (χ0v) is 10.1. The smallest absolute Gasteiger partial charge is 0.219 e. The van der Waals surface area contributed by atoms with Crippen molar-refractivity contribution in [3.8, 4) is 0 Å². The SMILES string of the molecule is CC(=O)N(C)C1C2CC3CC1CC(O)(C3)C2. The van der Waals surface area contributed by atoms with Crippen LogP contribution in [0.3, 0.4) is 0 Å². The van der Waals surface area contributed by atoms with Gasteiger partial charge in [-0.15, -0.1) is 0 Å². The van der Waals surface area contributed by atoms with Crippen molar-refractivity contribution in [3.63, 3.8) is 0 Å². The number of carbonyl (C=O) groups is 1. The maximum atomic E-state index is 11.5. The number of aliphatic hydroxyl groups is 1. The molecule has 4 aliphatic rings. The first-order chi connectivity index (χ1) is 7.48. The first-order valence-electron chi connectivity index (χ1n) is 6.44. The molecule has 0 aromatic rings. The lowest BCUT2D eigenvalue weighted by molar-refractivity contribution is -0.166. The number of amides is 1. The first-order valence-corrected chi connectivity index (χ1v) is 6.44. The van der Waals surface area contributed by atoms with E-state index < -0.39 is 0 Å². The summed E-state index contributed by atoms with van der Waals surface area (Å²) < 4.78 is 0. The summed E-state index contributed by atoms with van der Waals surface area (Å²) in [6.07, 6.45) is 5.29. The average Bonchev–Trinajstić information content (AvgIpc) is 2.13. The molecule has 0 radical (unpaired) electrons. The molecule has 3 nitrogen and oxygen atoms in total. The second-order valence-electron chi connectivity index (χ2n) is 6.31. The van der Waals surface area contributed by atoms with Gasteiger partial charge in [0.25, 0.3) is 0 Å². The minimum atomic E-state index is -0.384. The third-order valence-electron chi connectivity index (χ3n) is 5.13. The summed E-state index contributed by atoms with van der Waals surface area (Å²) in [6.45, 7) is 1.65. The highest BCUT2D eigenvalue weighted by Gasteiger charge is 2.55. The molecule has 0 saturated heterocycles. The minimum Gasteiger partial charge on any atom is -0.390 e. The molecule has 0 heterocycles. The lowest BCUT2D eigenvalue weighted by Gasteiger charge is -2.59. The number of nitrogens with zero attached hydrogens (tertiary/aromatic N) is 1. The summed E-state index contributed by atoms with van der Waals surface area (Å²) in [5, 5.41) is 10.4. The summed E-state index contributed by atoms with van der Waals surface area (Å²) in [6, 6.07) is 0.398. The molecule has 4 rings (SSSR count). The van der Waals surface area contributed by atoms with Gasteiger partial charge in [-0.25, -0.2) is 0 Å². The largest absolute Gasteiger partial charge is 0.390 e. The fourth-order valence-electron chi connectivity index (χ4n) is 4.80. The van der Waals surface area contributed by atoms with Crippen molar-refractivity contribution in [1.29, 1.82) is 0 Å². The monoisotopic (exact) mass is 223 g/mol. The van der Waals surface area contributed by atoms with Gasteiger partial charge < -0.3 is 10.0 Å². The standard InChI is InChI=1S/C13H21NO2/c1-8(15)14(2)12-10-3-9-4-11(12)7-13(16,5-9)6-10/h9-12,16H,3-7H2,1-2H3. The fraction of sp³-hybridized carbons (Fsp3) is 0.923. The van der Waals surface area contributed by atoms with Crippen LogP contribution >= 0.6 is 0 Å². The van der Waals surface area contributed by atoms with Crippen LogP contribution in [0, 0.1) is 17.8 Å². The maximum absolute atomic E-state index is 11.5. The van der Waals surface area contributed by atoms with Gasteiger partial charge in [-0.2, -0.15) is 0 Å². The lowest BCUT2D eigenvalue weighted by atomic mass is 9.52. The highest BCUT2D eigenvalue weighted by Crippen LogP contribution is 2.56. The predicted molar refractivity (Wildman–Crippen MR) is 60.7 cm³/mol. The second-order valence-corrected chi connectivity index (χ2v) is 6.31. The van der Waals surface area contributed by atoms with Crippen molar-refractivity contribution < 1.29 is 9.90 Å². The van der Waals surface area contributed by atoms with Gasteiger partial charge in [-0.3, -0.25) is 4.79 Å². The molecule has 2 atom stereocenters. The highest BCUT2D eigenvalue weighted by atomic mass is 16.3. The maximum Gasteiger partial charge on any atom is 0.219 e. The Morgan fingerprint density at radius 2 is 1.81 bits per heavy atom. The van der Waals surface area contributed by atoms with Gasteiger partial charge >= 0.3 is 0 Å². The first kappa shape index (κ1) is 10.6. The molecule has 0 aromatic heterocycles. The normalized spacial score (nSPS) is 49.4. The second kappa shape index (κ2) is 3.22. The third kappa shape index (κ3) is 1.41.